The van der Waals surface area contributed by atoms with Gasteiger partial charge in [0.1, 0.15) is 0 Å². The van der Waals surface area contributed by atoms with Crippen molar-refractivity contribution in [1.29, 1.82) is 0 Å². The number of para-hydroxylation sites is 2. The molecular weight excluding hydrogens is 742 g/mol. The van der Waals surface area contributed by atoms with Crippen LogP contribution in [0.2, 0.25) is 0 Å². The van der Waals surface area contributed by atoms with Gasteiger partial charge in [-0.3, -0.25) is 0 Å². The third-order valence-corrected chi connectivity index (χ3v) is 10.0. The van der Waals surface area contributed by atoms with E-state index in [2.05, 4.69) is 106 Å². The number of halogens is 2. The molecule has 0 aromatic heterocycles. The minimum Gasteiger partial charge on any atom is -0.502 e. The van der Waals surface area contributed by atoms with Crippen molar-refractivity contribution in [2.75, 3.05) is 28.2 Å². The van der Waals surface area contributed by atoms with Crippen LogP contribution in [0.4, 0.5) is 17.1 Å². The van der Waals surface area contributed by atoms with E-state index >= 15 is 0 Å². The molecule has 0 radical (unpaired) electrons. The zero-order chi connectivity index (χ0) is 35.7. The molecule has 0 amide bonds. The van der Waals surface area contributed by atoms with Crippen molar-refractivity contribution in [3.05, 3.63) is 123 Å². The summed E-state index contributed by atoms with van der Waals surface area (Å²) in [5, 5.41) is 3.44. The normalized spacial score (nSPS) is 12.8. The Morgan fingerprint density at radius 2 is 1.41 bits per heavy atom. The molecule has 2 N–H and O–H groups in total. The number of nitrogens with one attached hydrogen (secondary N) is 1. The maximum Gasteiger partial charge on any atom is 0.0146 e. The molecule has 1 heterocycles. The number of nitrogens with zero attached hydrogens (tertiary/aromatic N) is 2. The molecule has 264 valence electrons. The number of benzene rings is 4. The second kappa shape index (κ2) is 18.0. The van der Waals surface area contributed by atoms with Crippen LogP contribution in [-0.2, 0) is 36.2 Å². The van der Waals surface area contributed by atoms with E-state index in [0.29, 0.717) is 13.0 Å². The fraction of sp³-hybridized carbons (Fsp3) is 0.325. The summed E-state index contributed by atoms with van der Waals surface area (Å²) in [6.07, 6.45) is 0.221. The molecule has 6 nitrogen and oxygen atoms in total. The van der Waals surface area contributed by atoms with Crippen LogP contribution in [-0.4, -0.2) is 35.0 Å². The molecule has 4 aromatic carbocycles. The molecule has 1 fully saturated rings. The molecule has 9 heteroatoms. The Kier molecular flexibility index (Phi) is 14.1. The number of hydrogen-bond acceptors (Lipinski definition) is 5. The van der Waals surface area contributed by atoms with E-state index in [-0.39, 0.29) is 12.7 Å². The average Bonchev–Trinajstić information content (AvgIpc) is 3.48. The fourth-order valence-corrected chi connectivity index (χ4v) is 8.36. The summed E-state index contributed by atoms with van der Waals surface area (Å²) in [7, 11) is 12.1. The molecule has 49 heavy (non-hydrogen) atoms. The Labute approximate surface area is 305 Å². The maximum absolute atomic E-state index is 10.4. The number of anilines is 3. The molecule has 4 aromatic rings. The molecule has 1 saturated heterocycles. The number of carbonyl (C=O) groups excluding carboxylic acids is 1. The molecule has 0 bridgehead atoms. The third-order valence-electron chi connectivity index (χ3n) is 8.19. The first kappa shape index (κ1) is 38.4. The number of ether oxygens (including phenoxy) is 2. The summed E-state index contributed by atoms with van der Waals surface area (Å²) in [6, 6.07) is 23.0. The van der Waals surface area contributed by atoms with Crippen LogP contribution in [0.5, 0.6) is 5.75 Å². The average molecular weight is 792 g/mol. The third kappa shape index (κ3) is 10.8. The van der Waals surface area contributed by atoms with Gasteiger partial charge in [-0.2, -0.15) is 6.67 Å². The number of aliphatic hydroxyl groups is 1. The van der Waals surface area contributed by atoms with Gasteiger partial charge in [0.25, 0.3) is 0 Å². The van der Waals surface area contributed by atoms with Crippen molar-refractivity contribution in [1.82, 2.24) is 0 Å². The van der Waals surface area contributed by atoms with Gasteiger partial charge >= 0.3 is 167 Å². The van der Waals surface area contributed by atoms with Gasteiger partial charge in [0.2, 0.25) is 0 Å². The Bertz CT molecular complexity index is 1680. The van der Waals surface area contributed by atoms with Crippen LogP contribution in [0.1, 0.15) is 63.9 Å². The van der Waals surface area contributed by atoms with Gasteiger partial charge in [-0.15, -0.1) is 0 Å². The molecule has 1 aliphatic heterocycles. The summed E-state index contributed by atoms with van der Waals surface area (Å²) in [5.41, 5.74) is 14.7. The predicted octanol–water partition coefficient (Wildman–Crippen LogP) is 9.68. The van der Waals surface area contributed by atoms with Crippen molar-refractivity contribution in [3.63, 3.8) is 0 Å². The standard InChI is InChI=1S/C21H27N2.C19H21NO3.2ClH.Ru/c1-14-9-16(3)20(17(4)10-14)22-7-8-23(13-22)21-18(5)11-15(2)12-19(21)6;1-14(2)23-19-7-5-4-6-18(19)20-11-17-9-8-16(10-15(17)3)12-22-13-21;;;/h9-13H,7-8H2,1-6H3;3-10,13-14,20H,11-12H2,1-2H3;2*1H;/q-1;;;;+2/p-1. The van der Waals surface area contributed by atoms with E-state index in [9.17, 15) is 4.79 Å². The Balaban J connectivity index is 0.000000222. The molecule has 0 atom stereocenters. The smallest absolute Gasteiger partial charge is 0.0146 e. The van der Waals surface area contributed by atoms with E-state index in [1.165, 1.54) is 44.8 Å². The molecule has 0 saturated carbocycles. The number of hydrogen-bond donors (Lipinski definition) is 1. The Hall–Kier alpha value is -3.38. The summed E-state index contributed by atoms with van der Waals surface area (Å²) < 4.78 is 11.4. The number of aromatic hydroxyl groups is 1. The molecule has 5 rings (SSSR count). The first-order chi connectivity index (χ1) is 23.4. The minimum absolute atomic E-state index is 0.221. The zero-order valence-corrected chi connectivity index (χ0v) is 33.0. The van der Waals surface area contributed by atoms with E-state index in [1.807, 2.05) is 47.1 Å². The van der Waals surface area contributed by atoms with E-state index in [0.717, 1.165) is 41.2 Å². The first-order valence-electron chi connectivity index (χ1n) is 16.4. The first-order valence-corrected chi connectivity index (χ1v) is 21.9. The summed E-state index contributed by atoms with van der Waals surface area (Å²) >= 11 is -1.98. The molecule has 0 aliphatic carbocycles. The molecular formula is C40H49Cl2N3O3Ru. The summed E-state index contributed by atoms with van der Waals surface area (Å²) in [6.45, 7) is 23.0. The summed E-state index contributed by atoms with van der Waals surface area (Å²) in [4.78, 5) is 15.2. The van der Waals surface area contributed by atoms with Crippen molar-refractivity contribution in [3.8, 4) is 5.75 Å². The molecule has 0 unspecified atom stereocenters. The fourth-order valence-electron chi connectivity index (χ4n) is 6.50. The SMILES string of the molecule is CC(C)[OH+]c1ccccc1NCc1ccc(COC=O)cc1[CH]=[Ru]([Cl])[Cl].Cc1cc(C)c(N2[CH-]N(c3c(C)cc(C)cc3C)CC2)c(C)c1. The minimum atomic E-state index is -1.98. The maximum atomic E-state index is 10.4. The van der Waals surface area contributed by atoms with Crippen LogP contribution in [0.25, 0.3) is 0 Å². The Morgan fingerprint density at radius 3 is 1.92 bits per heavy atom. The van der Waals surface area contributed by atoms with Gasteiger partial charge in [-0.1, -0.05) is 35.4 Å². The molecule has 1 aliphatic rings. The number of carbonyl (C=O) groups is 1. The molecule has 0 spiro atoms. The van der Waals surface area contributed by atoms with Crippen LogP contribution in [0, 0.1) is 48.2 Å². The van der Waals surface area contributed by atoms with E-state index in [4.69, 9.17) is 24.1 Å². The van der Waals surface area contributed by atoms with Gasteiger partial charge in [-0.25, -0.2) is 0 Å². The van der Waals surface area contributed by atoms with Gasteiger partial charge in [0, 0.05) is 24.5 Å². The number of rotatable bonds is 11. The van der Waals surface area contributed by atoms with Crippen LogP contribution in [0.15, 0.2) is 66.7 Å². The van der Waals surface area contributed by atoms with Crippen molar-refractivity contribution in [2.45, 2.75) is 74.6 Å². The van der Waals surface area contributed by atoms with Gasteiger partial charge in [0.15, 0.2) is 0 Å². The van der Waals surface area contributed by atoms with Crippen LogP contribution < -0.4 is 15.1 Å². The Morgan fingerprint density at radius 1 is 0.857 bits per heavy atom. The van der Waals surface area contributed by atoms with Gasteiger partial charge in [0.05, 0.1) is 0 Å². The topological polar surface area (TPSA) is 57.6 Å². The second-order valence-electron chi connectivity index (χ2n) is 12.8. The van der Waals surface area contributed by atoms with E-state index in [1.54, 1.807) is 0 Å². The summed E-state index contributed by atoms with van der Waals surface area (Å²) in [5.74, 6) is 0.936. The predicted molar refractivity (Wildman–Crippen MR) is 205 cm³/mol. The zero-order valence-electron chi connectivity index (χ0n) is 29.8. The van der Waals surface area contributed by atoms with E-state index < -0.39 is 13.5 Å². The number of aryl methyl sites for hydroxylation is 6. The van der Waals surface area contributed by atoms with Crippen LogP contribution >= 0.6 is 19.4 Å². The van der Waals surface area contributed by atoms with Crippen molar-refractivity contribution in [2.24, 2.45) is 0 Å². The quantitative estimate of drug-likeness (QED) is 0.0540. The van der Waals surface area contributed by atoms with Crippen molar-refractivity contribution < 1.29 is 27.8 Å². The largest absolute Gasteiger partial charge is 0.502 e. The van der Waals surface area contributed by atoms with Crippen molar-refractivity contribution >= 4 is 47.5 Å². The van der Waals surface area contributed by atoms with Gasteiger partial charge in [-0.05, 0) is 63.8 Å². The van der Waals surface area contributed by atoms with Gasteiger partial charge < -0.3 is 9.80 Å². The second-order valence-corrected chi connectivity index (χ2v) is 18.6. The van der Waals surface area contributed by atoms with Crippen LogP contribution in [0.3, 0.4) is 0 Å². The monoisotopic (exact) mass is 791 g/mol.